The molecule has 0 aromatic carbocycles. The maximum absolute atomic E-state index is 11.2. The van der Waals surface area contributed by atoms with Crippen LogP contribution in [0, 0.1) is 5.92 Å². The molecule has 0 radical (unpaired) electrons. The van der Waals surface area contributed by atoms with Gasteiger partial charge in [0.05, 0.1) is 6.04 Å². The Balaban J connectivity index is 3.66. The fourth-order valence-corrected chi connectivity index (χ4v) is 1.35. The highest BCUT2D eigenvalue weighted by atomic mass is 16.2. The van der Waals surface area contributed by atoms with Gasteiger partial charge >= 0.3 is 0 Å². The van der Waals surface area contributed by atoms with E-state index < -0.39 is 6.04 Å². The Morgan fingerprint density at radius 1 is 1.43 bits per heavy atom. The van der Waals surface area contributed by atoms with E-state index in [4.69, 9.17) is 5.73 Å². The summed E-state index contributed by atoms with van der Waals surface area (Å²) >= 11 is 0. The molecule has 0 fully saturated rings. The van der Waals surface area contributed by atoms with Crippen LogP contribution >= 0.6 is 0 Å². The first-order chi connectivity index (χ1) is 6.61. The van der Waals surface area contributed by atoms with Gasteiger partial charge in [-0.3, -0.25) is 4.79 Å². The van der Waals surface area contributed by atoms with Crippen molar-refractivity contribution in [2.45, 2.75) is 52.5 Å². The zero-order valence-corrected chi connectivity index (χ0v) is 9.68. The van der Waals surface area contributed by atoms with Crippen LogP contribution in [0.2, 0.25) is 0 Å². The molecule has 14 heavy (non-hydrogen) atoms. The van der Waals surface area contributed by atoms with E-state index in [1.165, 1.54) is 19.3 Å². The number of carbonyl (C=O) groups excluding carboxylic acids is 1. The molecule has 0 saturated carbocycles. The lowest BCUT2D eigenvalue weighted by molar-refractivity contribution is -0.122. The molecule has 0 aromatic rings. The van der Waals surface area contributed by atoms with Crippen molar-refractivity contribution in [3.05, 3.63) is 0 Å². The second-order valence-corrected chi connectivity index (χ2v) is 3.95. The quantitative estimate of drug-likeness (QED) is 0.657. The van der Waals surface area contributed by atoms with E-state index in [1.807, 2.05) is 0 Å². The van der Waals surface area contributed by atoms with Crippen LogP contribution < -0.4 is 11.1 Å². The van der Waals surface area contributed by atoms with Gasteiger partial charge < -0.3 is 11.1 Å². The maximum Gasteiger partial charge on any atom is 0.236 e. The fourth-order valence-electron chi connectivity index (χ4n) is 1.35. The summed E-state index contributed by atoms with van der Waals surface area (Å²) in [6.45, 7) is 6.84. The summed E-state index contributed by atoms with van der Waals surface area (Å²) in [4.78, 5) is 11.2. The Hall–Kier alpha value is -0.570. The van der Waals surface area contributed by atoms with Crippen molar-refractivity contribution in [2.24, 2.45) is 11.7 Å². The molecule has 0 aromatic heterocycles. The Kier molecular flexibility index (Phi) is 7.48. The monoisotopic (exact) mass is 200 g/mol. The number of nitrogens with two attached hydrogens (primary N) is 1. The van der Waals surface area contributed by atoms with Crippen LogP contribution in [0.3, 0.4) is 0 Å². The van der Waals surface area contributed by atoms with E-state index in [0.29, 0.717) is 5.92 Å². The van der Waals surface area contributed by atoms with Crippen molar-refractivity contribution in [3.63, 3.8) is 0 Å². The Bertz CT molecular complexity index is 157. The molecule has 3 nitrogen and oxygen atoms in total. The van der Waals surface area contributed by atoms with Gasteiger partial charge in [0.15, 0.2) is 0 Å². The fraction of sp³-hybridized carbons (Fsp3) is 0.909. The molecule has 0 rings (SSSR count). The lowest BCUT2D eigenvalue weighted by Gasteiger charge is -2.16. The number of carbonyl (C=O) groups is 1. The number of amides is 1. The average molecular weight is 200 g/mol. The molecule has 0 aliphatic rings. The minimum absolute atomic E-state index is 0.0417. The summed E-state index contributed by atoms with van der Waals surface area (Å²) in [5, 5.41) is 2.88. The summed E-state index contributed by atoms with van der Waals surface area (Å²) in [6.07, 6.45) is 4.79. The van der Waals surface area contributed by atoms with Crippen LogP contribution in [0.15, 0.2) is 0 Å². The number of rotatable bonds is 7. The highest BCUT2D eigenvalue weighted by Gasteiger charge is 2.10. The van der Waals surface area contributed by atoms with Crippen molar-refractivity contribution in [3.8, 4) is 0 Å². The summed E-state index contributed by atoms with van der Waals surface area (Å²) in [7, 11) is 0. The molecule has 0 aliphatic heterocycles. The molecule has 0 bridgehead atoms. The summed E-state index contributed by atoms with van der Waals surface area (Å²) in [6, 6.07) is -0.390. The average Bonchev–Trinajstić information content (AvgIpc) is 2.17. The van der Waals surface area contributed by atoms with Crippen molar-refractivity contribution in [2.75, 3.05) is 6.54 Å². The molecule has 0 saturated heterocycles. The van der Waals surface area contributed by atoms with Gasteiger partial charge in [-0.1, -0.05) is 33.1 Å². The third kappa shape index (κ3) is 5.97. The first-order valence-corrected chi connectivity index (χ1v) is 5.65. The minimum Gasteiger partial charge on any atom is -0.354 e. The Morgan fingerprint density at radius 3 is 2.50 bits per heavy atom. The molecule has 0 spiro atoms. The van der Waals surface area contributed by atoms with Crippen molar-refractivity contribution >= 4 is 5.91 Å². The summed E-state index contributed by atoms with van der Waals surface area (Å²) in [5.41, 5.74) is 5.45. The number of hydrogen-bond acceptors (Lipinski definition) is 2. The van der Waals surface area contributed by atoms with E-state index in [1.54, 1.807) is 6.92 Å². The van der Waals surface area contributed by atoms with E-state index in [0.717, 1.165) is 13.0 Å². The van der Waals surface area contributed by atoms with Gasteiger partial charge in [0.25, 0.3) is 0 Å². The second-order valence-electron chi connectivity index (χ2n) is 3.95. The molecule has 0 aliphatic carbocycles. The summed E-state index contributed by atoms with van der Waals surface area (Å²) in [5.74, 6) is 0.567. The molecule has 1 amide bonds. The standard InChI is InChI=1S/C11H24N2O/c1-4-6-7-10(5-2)8-13-11(14)9(3)12/h9-10H,4-8,12H2,1-3H3,(H,13,14)/t9-,10?/m1/s1. The smallest absolute Gasteiger partial charge is 0.236 e. The first-order valence-electron chi connectivity index (χ1n) is 5.65. The van der Waals surface area contributed by atoms with Crippen LogP contribution in [0.4, 0.5) is 0 Å². The SMILES string of the molecule is CCCCC(CC)CNC(=O)[C@@H](C)N. The van der Waals surface area contributed by atoms with Crippen molar-refractivity contribution in [1.29, 1.82) is 0 Å². The van der Waals surface area contributed by atoms with Crippen molar-refractivity contribution < 1.29 is 4.79 Å². The number of hydrogen-bond donors (Lipinski definition) is 2. The van der Waals surface area contributed by atoms with E-state index >= 15 is 0 Å². The third-order valence-corrected chi connectivity index (χ3v) is 2.52. The molecule has 2 atom stereocenters. The minimum atomic E-state index is -0.390. The zero-order valence-electron chi connectivity index (χ0n) is 9.68. The lowest BCUT2D eigenvalue weighted by atomic mass is 9.99. The first kappa shape index (κ1) is 13.4. The van der Waals surface area contributed by atoms with Crippen LogP contribution in [-0.4, -0.2) is 18.5 Å². The largest absolute Gasteiger partial charge is 0.354 e. The van der Waals surface area contributed by atoms with Gasteiger partial charge in [-0.15, -0.1) is 0 Å². The topological polar surface area (TPSA) is 55.1 Å². The lowest BCUT2D eigenvalue weighted by Crippen LogP contribution is -2.40. The molecular weight excluding hydrogens is 176 g/mol. The van der Waals surface area contributed by atoms with Gasteiger partial charge in [0.1, 0.15) is 0 Å². The van der Waals surface area contributed by atoms with E-state index in [2.05, 4.69) is 19.2 Å². The van der Waals surface area contributed by atoms with Gasteiger partial charge in [-0.25, -0.2) is 0 Å². The third-order valence-electron chi connectivity index (χ3n) is 2.52. The highest BCUT2D eigenvalue weighted by Crippen LogP contribution is 2.10. The molecule has 3 N–H and O–H groups in total. The van der Waals surface area contributed by atoms with E-state index in [9.17, 15) is 4.79 Å². The van der Waals surface area contributed by atoms with Crippen LogP contribution in [0.25, 0.3) is 0 Å². The van der Waals surface area contributed by atoms with Crippen LogP contribution in [-0.2, 0) is 4.79 Å². The molecule has 0 heterocycles. The number of nitrogens with one attached hydrogen (secondary N) is 1. The van der Waals surface area contributed by atoms with Gasteiger partial charge in [-0.05, 0) is 19.3 Å². The van der Waals surface area contributed by atoms with Gasteiger partial charge in [-0.2, -0.15) is 0 Å². The Morgan fingerprint density at radius 2 is 2.07 bits per heavy atom. The van der Waals surface area contributed by atoms with Gasteiger partial charge in [0.2, 0.25) is 5.91 Å². The van der Waals surface area contributed by atoms with Gasteiger partial charge in [0, 0.05) is 6.54 Å². The summed E-state index contributed by atoms with van der Waals surface area (Å²) < 4.78 is 0. The Labute approximate surface area is 87.4 Å². The number of unbranched alkanes of at least 4 members (excludes halogenated alkanes) is 1. The molecular formula is C11H24N2O. The predicted octanol–water partition coefficient (Wildman–Crippen LogP) is 1.67. The zero-order chi connectivity index (χ0) is 11.0. The van der Waals surface area contributed by atoms with Crippen LogP contribution in [0.1, 0.15) is 46.5 Å². The van der Waals surface area contributed by atoms with Crippen molar-refractivity contribution in [1.82, 2.24) is 5.32 Å². The second kappa shape index (κ2) is 7.80. The normalized spacial score (nSPS) is 14.9. The maximum atomic E-state index is 11.2. The molecule has 84 valence electrons. The molecule has 3 heteroatoms. The van der Waals surface area contributed by atoms with Crippen LogP contribution in [0.5, 0.6) is 0 Å². The molecule has 1 unspecified atom stereocenters. The van der Waals surface area contributed by atoms with E-state index in [-0.39, 0.29) is 5.91 Å². The highest BCUT2D eigenvalue weighted by molar-refractivity contribution is 5.80. The predicted molar refractivity (Wildman–Crippen MR) is 60.0 cm³/mol.